The normalized spacial score (nSPS) is 16.6. The van der Waals surface area contributed by atoms with E-state index in [-0.39, 0.29) is 11.8 Å². The fourth-order valence-electron chi connectivity index (χ4n) is 11.0. The average Bonchev–Trinajstić information content (AvgIpc) is 3.34. The third-order valence-corrected chi connectivity index (χ3v) is 16.1. The molecule has 2 heterocycles. The number of nitrogens with zero attached hydrogens (tertiary/aromatic N) is 2. The minimum absolute atomic E-state index is 0.0755. The minimum Gasteiger partial charge on any atom is -0.308 e. The van der Waals surface area contributed by atoms with Crippen molar-refractivity contribution in [2.45, 2.75) is 108 Å². The Labute approximate surface area is 390 Å². The molecule has 7 aromatic rings. The molecule has 334 valence electrons. The van der Waals surface area contributed by atoms with Crippen LogP contribution in [0.2, 0.25) is 0 Å². The van der Waals surface area contributed by atoms with Crippen LogP contribution in [0, 0.1) is 0 Å². The smallest absolute Gasteiger partial charge is 0.308 e. The highest BCUT2D eigenvalue weighted by atomic mass is 32.2. The van der Waals surface area contributed by atoms with Gasteiger partial charge >= 0.3 is 12.4 Å². The first-order chi connectivity index (χ1) is 32.0. The number of benzene rings is 7. The standard InChI is InChI=1S/C56H46F6N2S2/c57-55(58,59)39-23-15-21-37(33-39)51-49(35-17-3-1-4-18-35)53(63-41-25-7-11-29-45(41)65-46-30-12-8-26-42(46)63)50(36-19-5-2-6-20-36)52(38-22-16-24-40(34-38)56(60,61)62)54(51)64-43-27-9-13-31-47(43)66-48-32-14-10-28-44(48)64/h7-16,21-36H,1-6,17-20H2. The number of anilines is 6. The van der Waals surface area contributed by atoms with Gasteiger partial charge in [-0.25, -0.2) is 0 Å². The molecular formula is C56H46F6N2S2. The Morgan fingerprint density at radius 2 is 0.712 bits per heavy atom. The first kappa shape index (κ1) is 43.0. The fourth-order valence-corrected chi connectivity index (χ4v) is 13.1. The van der Waals surface area contributed by atoms with Gasteiger partial charge < -0.3 is 9.80 Å². The fraction of sp³-hybridized carbons (Fsp3) is 0.250. The van der Waals surface area contributed by atoms with Gasteiger partial charge in [-0.2, -0.15) is 26.3 Å². The predicted molar refractivity (Wildman–Crippen MR) is 257 cm³/mol. The molecule has 0 atom stereocenters. The van der Waals surface area contributed by atoms with Crippen molar-refractivity contribution in [1.29, 1.82) is 0 Å². The molecule has 2 aliphatic carbocycles. The molecule has 11 rings (SSSR count). The van der Waals surface area contributed by atoms with E-state index in [1.54, 1.807) is 35.7 Å². The van der Waals surface area contributed by atoms with Crippen LogP contribution in [0.3, 0.4) is 0 Å². The zero-order chi connectivity index (χ0) is 45.2. The third-order valence-electron chi connectivity index (χ3n) is 13.8. The zero-order valence-electron chi connectivity index (χ0n) is 36.1. The first-order valence-corrected chi connectivity index (χ1v) is 24.6. The Kier molecular flexibility index (Phi) is 11.2. The van der Waals surface area contributed by atoms with Crippen LogP contribution >= 0.6 is 23.5 Å². The van der Waals surface area contributed by atoms with E-state index in [0.29, 0.717) is 27.9 Å². The Morgan fingerprint density at radius 3 is 1.06 bits per heavy atom. The number of para-hydroxylation sites is 4. The summed E-state index contributed by atoms with van der Waals surface area (Å²) in [5.74, 6) is -0.151. The van der Waals surface area contributed by atoms with E-state index in [0.717, 1.165) is 135 Å². The Hall–Kier alpha value is -5.58. The maximum absolute atomic E-state index is 15.2. The second-order valence-corrected chi connectivity index (χ2v) is 20.0. The van der Waals surface area contributed by atoms with Gasteiger partial charge in [-0.15, -0.1) is 0 Å². The van der Waals surface area contributed by atoms with Gasteiger partial charge in [0.15, 0.2) is 0 Å². The van der Waals surface area contributed by atoms with Gasteiger partial charge in [0.1, 0.15) is 0 Å². The lowest BCUT2D eigenvalue weighted by Crippen LogP contribution is -2.25. The molecule has 2 fully saturated rings. The molecule has 4 aliphatic rings. The zero-order valence-corrected chi connectivity index (χ0v) is 37.7. The van der Waals surface area contributed by atoms with Gasteiger partial charge in [0.25, 0.3) is 0 Å². The molecule has 2 saturated carbocycles. The number of fused-ring (bicyclic) bond motifs is 4. The van der Waals surface area contributed by atoms with Crippen molar-refractivity contribution in [3.05, 3.63) is 168 Å². The summed E-state index contributed by atoms with van der Waals surface area (Å²) in [6.45, 7) is 0. The molecule has 10 heteroatoms. The van der Waals surface area contributed by atoms with Crippen LogP contribution in [-0.4, -0.2) is 0 Å². The van der Waals surface area contributed by atoms with E-state index in [1.807, 2.05) is 60.7 Å². The number of alkyl halides is 6. The number of halogens is 6. The third kappa shape index (κ3) is 7.67. The van der Waals surface area contributed by atoms with Gasteiger partial charge in [0.05, 0.1) is 45.3 Å². The highest BCUT2D eigenvalue weighted by Gasteiger charge is 2.42. The van der Waals surface area contributed by atoms with Crippen molar-refractivity contribution >= 4 is 57.6 Å². The maximum Gasteiger partial charge on any atom is 0.416 e. The average molecular weight is 925 g/mol. The van der Waals surface area contributed by atoms with E-state index in [2.05, 4.69) is 46.2 Å². The SMILES string of the molecule is FC(F)(F)c1cccc(-c2c(C3CCCCC3)c(N3c4ccccc4Sc4ccccc43)c(C3CCCCC3)c(-c3cccc(C(F)(F)F)c3)c2N2c3ccccc3Sc3ccccc32)c1. The molecule has 0 unspecified atom stereocenters. The topological polar surface area (TPSA) is 6.48 Å². The van der Waals surface area contributed by atoms with Gasteiger partial charge in [0, 0.05) is 30.7 Å². The molecule has 0 spiro atoms. The summed E-state index contributed by atoms with van der Waals surface area (Å²) in [4.78, 5) is 8.48. The molecule has 2 nitrogen and oxygen atoms in total. The maximum atomic E-state index is 15.2. The minimum atomic E-state index is -4.65. The summed E-state index contributed by atoms with van der Waals surface area (Å²) in [6.07, 6.45) is -0.138. The first-order valence-electron chi connectivity index (χ1n) is 23.0. The van der Waals surface area contributed by atoms with Crippen LogP contribution in [-0.2, 0) is 12.4 Å². The Balaban J connectivity index is 1.42. The molecule has 0 amide bonds. The lowest BCUT2D eigenvalue weighted by Gasteiger charge is -2.44. The Morgan fingerprint density at radius 1 is 0.379 bits per heavy atom. The highest BCUT2D eigenvalue weighted by molar-refractivity contribution is 8.00. The van der Waals surface area contributed by atoms with Crippen LogP contribution in [0.15, 0.2) is 165 Å². The van der Waals surface area contributed by atoms with Crippen LogP contribution in [0.4, 0.5) is 60.5 Å². The quantitative estimate of drug-likeness (QED) is 0.153. The molecule has 0 aromatic heterocycles. The summed E-state index contributed by atoms with van der Waals surface area (Å²) in [5, 5.41) is 0. The molecule has 2 aliphatic heterocycles. The highest BCUT2D eigenvalue weighted by Crippen LogP contribution is 2.65. The number of hydrogen-bond acceptors (Lipinski definition) is 4. The lowest BCUT2D eigenvalue weighted by molar-refractivity contribution is -0.138. The summed E-state index contributed by atoms with van der Waals surface area (Å²) in [5.41, 5.74) is 7.42. The van der Waals surface area contributed by atoms with E-state index < -0.39 is 23.5 Å². The van der Waals surface area contributed by atoms with E-state index in [9.17, 15) is 0 Å². The molecule has 0 saturated heterocycles. The van der Waals surface area contributed by atoms with Crippen LogP contribution in [0.25, 0.3) is 22.3 Å². The van der Waals surface area contributed by atoms with Crippen LogP contribution < -0.4 is 9.80 Å². The molecule has 7 aromatic carbocycles. The van der Waals surface area contributed by atoms with E-state index >= 15 is 26.3 Å². The van der Waals surface area contributed by atoms with Gasteiger partial charge in [-0.3, -0.25) is 0 Å². The molecule has 0 radical (unpaired) electrons. The number of hydrogen-bond donors (Lipinski definition) is 0. The van der Waals surface area contributed by atoms with Crippen molar-refractivity contribution in [3.63, 3.8) is 0 Å². The molecule has 0 N–H and O–H groups in total. The van der Waals surface area contributed by atoms with Crippen LogP contribution in [0.1, 0.15) is 98.3 Å². The van der Waals surface area contributed by atoms with E-state index in [1.165, 1.54) is 24.3 Å². The Bertz CT molecular complexity index is 2770. The summed E-state index contributed by atoms with van der Waals surface area (Å²) >= 11 is 3.30. The van der Waals surface area contributed by atoms with Crippen LogP contribution in [0.5, 0.6) is 0 Å². The van der Waals surface area contributed by atoms with Crippen molar-refractivity contribution in [2.75, 3.05) is 9.80 Å². The molecule has 66 heavy (non-hydrogen) atoms. The summed E-state index contributed by atoms with van der Waals surface area (Å²) < 4.78 is 91.0. The predicted octanol–water partition coefficient (Wildman–Crippen LogP) is 19.0. The van der Waals surface area contributed by atoms with Gasteiger partial charge in [-0.05, 0) is 133 Å². The second-order valence-electron chi connectivity index (χ2n) is 17.8. The summed E-state index contributed by atoms with van der Waals surface area (Å²) in [6, 6.07) is 43.9. The van der Waals surface area contributed by atoms with Gasteiger partial charge in [-0.1, -0.05) is 135 Å². The largest absolute Gasteiger partial charge is 0.416 e. The monoisotopic (exact) mass is 924 g/mol. The summed E-state index contributed by atoms with van der Waals surface area (Å²) in [7, 11) is 0. The second kappa shape index (κ2) is 17.3. The van der Waals surface area contributed by atoms with Crippen molar-refractivity contribution in [1.82, 2.24) is 0 Å². The van der Waals surface area contributed by atoms with Crippen molar-refractivity contribution in [2.24, 2.45) is 0 Å². The van der Waals surface area contributed by atoms with Crippen molar-refractivity contribution < 1.29 is 26.3 Å². The molecule has 0 bridgehead atoms. The van der Waals surface area contributed by atoms with Crippen molar-refractivity contribution in [3.8, 4) is 22.3 Å². The lowest BCUT2D eigenvalue weighted by atomic mass is 9.71. The number of rotatable bonds is 6. The van der Waals surface area contributed by atoms with E-state index in [4.69, 9.17) is 0 Å². The molecular weight excluding hydrogens is 879 g/mol. The van der Waals surface area contributed by atoms with Gasteiger partial charge in [0.2, 0.25) is 0 Å².